The molecule has 1 atom stereocenters. The number of benzene rings is 2. The van der Waals surface area contributed by atoms with Gasteiger partial charge in [0, 0.05) is 6.04 Å². The molecule has 1 nitrogen and oxygen atoms in total. The molecule has 0 radical (unpaired) electrons. The van der Waals surface area contributed by atoms with Gasteiger partial charge in [-0.3, -0.25) is 0 Å². The van der Waals surface area contributed by atoms with E-state index in [2.05, 4.69) is 74.6 Å². The van der Waals surface area contributed by atoms with E-state index in [1.807, 2.05) is 0 Å². The summed E-state index contributed by atoms with van der Waals surface area (Å²) >= 11 is 0. The van der Waals surface area contributed by atoms with Gasteiger partial charge in [-0.1, -0.05) is 68.8 Å². The molecular formula is C20H27N. The number of aryl methyl sites for hydroxylation is 1. The molecule has 0 aromatic heterocycles. The number of nitrogens with one attached hydrogen (secondary N) is 1. The van der Waals surface area contributed by atoms with E-state index in [4.69, 9.17) is 0 Å². The van der Waals surface area contributed by atoms with E-state index < -0.39 is 0 Å². The smallest absolute Gasteiger partial charge is 0.00790 e. The van der Waals surface area contributed by atoms with Crippen LogP contribution in [0.1, 0.15) is 38.3 Å². The van der Waals surface area contributed by atoms with Crippen molar-refractivity contribution in [3.8, 4) is 11.1 Å². The number of rotatable bonds is 7. The van der Waals surface area contributed by atoms with Crippen molar-refractivity contribution in [1.29, 1.82) is 0 Å². The number of hydrogen-bond acceptors (Lipinski definition) is 1. The summed E-state index contributed by atoms with van der Waals surface area (Å²) in [6.07, 6.45) is 3.46. The molecule has 1 N–H and O–H groups in total. The SMILES string of the molecule is CCCc1ccc(-c2ccc(CC(C)NCC)cc2)cc1. The molecule has 1 unspecified atom stereocenters. The first kappa shape index (κ1) is 15.8. The maximum atomic E-state index is 3.46. The fraction of sp³-hybridized carbons (Fsp3) is 0.400. The van der Waals surface area contributed by atoms with Crippen LogP contribution in [0, 0.1) is 0 Å². The van der Waals surface area contributed by atoms with Crippen molar-refractivity contribution in [1.82, 2.24) is 5.32 Å². The van der Waals surface area contributed by atoms with Crippen LogP contribution in [0.5, 0.6) is 0 Å². The lowest BCUT2D eigenvalue weighted by atomic mass is 9.99. The second-order valence-electron chi connectivity index (χ2n) is 5.81. The molecule has 0 bridgehead atoms. The third-order valence-electron chi connectivity index (χ3n) is 3.87. The van der Waals surface area contributed by atoms with Crippen molar-refractivity contribution in [2.75, 3.05) is 6.54 Å². The summed E-state index contributed by atoms with van der Waals surface area (Å²) in [7, 11) is 0. The molecule has 0 amide bonds. The van der Waals surface area contributed by atoms with Gasteiger partial charge >= 0.3 is 0 Å². The lowest BCUT2D eigenvalue weighted by Crippen LogP contribution is -2.27. The van der Waals surface area contributed by atoms with Crippen LogP contribution in [0.25, 0.3) is 11.1 Å². The highest BCUT2D eigenvalue weighted by Crippen LogP contribution is 2.21. The number of hydrogen-bond donors (Lipinski definition) is 1. The second-order valence-corrected chi connectivity index (χ2v) is 5.81. The van der Waals surface area contributed by atoms with Gasteiger partial charge in [0.15, 0.2) is 0 Å². The Morgan fingerprint density at radius 3 is 1.81 bits per heavy atom. The van der Waals surface area contributed by atoms with Crippen molar-refractivity contribution in [3.05, 3.63) is 59.7 Å². The van der Waals surface area contributed by atoms with Crippen LogP contribution in [0.15, 0.2) is 48.5 Å². The standard InChI is InChI=1S/C20H27N/c1-4-6-17-7-11-19(12-8-17)20-13-9-18(10-14-20)15-16(3)21-5-2/h7-14,16,21H,4-6,15H2,1-3H3. The molecule has 0 aliphatic rings. The first-order valence-corrected chi connectivity index (χ1v) is 8.14. The maximum absolute atomic E-state index is 3.46. The van der Waals surface area contributed by atoms with Crippen LogP contribution < -0.4 is 5.32 Å². The highest BCUT2D eigenvalue weighted by atomic mass is 14.9. The topological polar surface area (TPSA) is 12.0 Å². The van der Waals surface area contributed by atoms with Crippen LogP contribution in [-0.4, -0.2) is 12.6 Å². The Hall–Kier alpha value is -1.60. The van der Waals surface area contributed by atoms with Gasteiger partial charge in [0.2, 0.25) is 0 Å². The van der Waals surface area contributed by atoms with Gasteiger partial charge in [-0.15, -0.1) is 0 Å². The van der Waals surface area contributed by atoms with Gasteiger partial charge in [-0.05, 0) is 48.6 Å². The van der Waals surface area contributed by atoms with Crippen molar-refractivity contribution < 1.29 is 0 Å². The molecule has 1 heteroatoms. The summed E-state index contributed by atoms with van der Waals surface area (Å²) in [5, 5.41) is 3.46. The molecule has 112 valence electrons. The average molecular weight is 281 g/mol. The van der Waals surface area contributed by atoms with Crippen molar-refractivity contribution in [2.24, 2.45) is 0 Å². The fourth-order valence-corrected chi connectivity index (χ4v) is 2.76. The Labute approximate surface area is 129 Å². The van der Waals surface area contributed by atoms with Gasteiger partial charge < -0.3 is 5.32 Å². The highest BCUT2D eigenvalue weighted by molar-refractivity contribution is 5.64. The molecule has 21 heavy (non-hydrogen) atoms. The van der Waals surface area contributed by atoms with Crippen LogP contribution in [0.4, 0.5) is 0 Å². The Morgan fingerprint density at radius 1 is 0.810 bits per heavy atom. The summed E-state index contributed by atoms with van der Waals surface area (Å²) in [5.74, 6) is 0. The summed E-state index contributed by atoms with van der Waals surface area (Å²) < 4.78 is 0. The van der Waals surface area contributed by atoms with Gasteiger partial charge in [-0.25, -0.2) is 0 Å². The lowest BCUT2D eigenvalue weighted by molar-refractivity contribution is 0.565. The zero-order valence-electron chi connectivity index (χ0n) is 13.5. The summed E-state index contributed by atoms with van der Waals surface area (Å²) in [4.78, 5) is 0. The highest BCUT2D eigenvalue weighted by Gasteiger charge is 2.03. The first-order chi connectivity index (χ1) is 10.2. The predicted molar refractivity (Wildman–Crippen MR) is 92.7 cm³/mol. The Balaban J connectivity index is 2.04. The van der Waals surface area contributed by atoms with Gasteiger partial charge in [-0.2, -0.15) is 0 Å². The number of likely N-dealkylation sites (N-methyl/N-ethyl adjacent to an activating group) is 1. The van der Waals surface area contributed by atoms with Gasteiger partial charge in [0.25, 0.3) is 0 Å². The van der Waals surface area contributed by atoms with Crippen LogP contribution in [-0.2, 0) is 12.8 Å². The lowest BCUT2D eigenvalue weighted by Gasteiger charge is -2.12. The van der Waals surface area contributed by atoms with Crippen LogP contribution in [0.3, 0.4) is 0 Å². The Morgan fingerprint density at radius 2 is 1.33 bits per heavy atom. The van der Waals surface area contributed by atoms with E-state index in [9.17, 15) is 0 Å². The summed E-state index contributed by atoms with van der Waals surface area (Å²) in [6, 6.07) is 18.5. The molecule has 2 aromatic rings. The zero-order chi connectivity index (χ0) is 15.1. The molecule has 2 aromatic carbocycles. The second kappa shape index (κ2) is 7.99. The monoisotopic (exact) mass is 281 g/mol. The Bertz CT molecular complexity index is 525. The quantitative estimate of drug-likeness (QED) is 0.765. The van der Waals surface area contributed by atoms with E-state index in [-0.39, 0.29) is 0 Å². The largest absolute Gasteiger partial charge is 0.314 e. The van der Waals surface area contributed by atoms with E-state index in [1.165, 1.54) is 35.1 Å². The van der Waals surface area contributed by atoms with Crippen molar-refractivity contribution in [2.45, 2.75) is 46.1 Å². The van der Waals surface area contributed by atoms with E-state index >= 15 is 0 Å². The van der Waals surface area contributed by atoms with Gasteiger partial charge in [0.05, 0.1) is 0 Å². The predicted octanol–water partition coefficient (Wildman–Crippen LogP) is 4.85. The summed E-state index contributed by atoms with van der Waals surface area (Å²) in [5.41, 5.74) is 5.44. The van der Waals surface area contributed by atoms with Crippen molar-refractivity contribution in [3.63, 3.8) is 0 Å². The molecule has 2 rings (SSSR count). The third kappa shape index (κ3) is 4.71. The molecule has 0 saturated heterocycles. The molecule has 0 heterocycles. The zero-order valence-corrected chi connectivity index (χ0v) is 13.5. The minimum absolute atomic E-state index is 0.536. The Kier molecular flexibility index (Phi) is 6.01. The van der Waals surface area contributed by atoms with Crippen LogP contribution in [0.2, 0.25) is 0 Å². The van der Waals surface area contributed by atoms with Crippen LogP contribution >= 0.6 is 0 Å². The minimum atomic E-state index is 0.536. The molecule has 0 aliphatic heterocycles. The fourth-order valence-electron chi connectivity index (χ4n) is 2.76. The third-order valence-corrected chi connectivity index (χ3v) is 3.87. The molecular weight excluding hydrogens is 254 g/mol. The van der Waals surface area contributed by atoms with Crippen molar-refractivity contribution >= 4 is 0 Å². The normalized spacial score (nSPS) is 12.3. The minimum Gasteiger partial charge on any atom is -0.314 e. The molecule has 0 aliphatic carbocycles. The average Bonchev–Trinajstić information content (AvgIpc) is 2.49. The molecule has 0 spiro atoms. The maximum Gasteiger partial charge on any atom is 0.00790 e. The summed E-state index contributed by atoms with van der Waals surface area (Å²) in [6.45, 7) is 7.65. The van der Waals surface area contributed by atoms with E-state index in [0.717, 1.165) is 13.0 Å². The van der Waals surface area contributed by atoms with Gasteiger partial charge in [0.1, 0.15) is 0 Å². The van der Waals surface area contributed by atoms with E-state index in [1.54, 1.807) is 0 Å². The van der Waals surface area contributed by atoms with E-state index in [0.29, 0.717) is 6.04 Å². The molecule has 0 fully saturated rings. The first-order valence-electron chi connectivity index (χ1n) is 8.14. The molecule has 0 saturated carbocycles.